The molecule has 10 heteroatoms. The van der Waals surface area contributed by atoms with E-state index in [1.54, 1.807) is 0 Å². The summed E-state index contributed by atoms with van der Waals surface area (Å²) in [5.74, 6) is -0.530. The van der Waals surface area contributed by atoms with E-state index in [0.29, 0.717) is 17.4 Å². The van der Waals surface area contributed by atoms with Gasteiger partial charge in [-0.05, 0) is 102 Å². The molecule has 0 aromatic rings. The van der Waals surface area contributed by atoms with Crippen LogP contribution in [-0.2, 0) is 27.9 Å². The minimum Gasteiger partial charge on any atom is -0.756 e. The molecule has 1 N–H and O–H groups in total. The van der Waals surface area contributed by atoms with E-state index in [9.17, 15) is 19.0 Å². The highest BCUT2D eigenvalue weighted by Crippen LogP contribution is 2.38. The number of esters is 1. The van der Waals surface area contributed by atoms with Gasteiger partial charge in [0.05, 0.1) is 33.8 Å². The summed E-state index contributed by atoms with van der Waals surface area (Å²) in [4.78, 5) is 40.3. The Balaban J connectivity index is 4.98. The van der Waals surface area contributed by atoms with Gasteiger partial charge in [-0.3, -0.25) is 14.2 Å². The number of rotatable bonds is 69. The zero-order chi connectivity index (χ0) is 64.2. The van der Waals surface area contributed by atoms with Gasteiger partial charge in [0, 0.05) is 12.8 Å². The largest absolute Gasteiger partial charge is 0.756 e. The van der Waals surface area contributed by atoms with E-state index < -0.39 is 20.0 Å². The molecule has 0 aromatic carbocycles. The molecule has 0 aliphatic carbocycles. The molecule has 0 saturated heterocycles. The van der Waals surface area contributed by atoms with Crippen LogP contribution in [0.4, 0.5) is 0 Å². The van der Waals surface area contributed by atoms with Crippen LogP contribution >= 0.6 is 7.82 Å². The third-order valence-corrected chi connectivity index (χ3v) is 17.8. The van der Waals surface area contributed by atoms with Crippen molar-refractivity contribution in [2.75, 3.05) is 40.9 Å². The average molecular weight is 1250 g/mol. The van der Waals surface area contributed by atoms with Crippen LogP contribution in [0.3, 0.4) is 0 Å². The lowest BCUT2D eigenvalue weighted by atomic mass is 10.0. The van der Waals surface area contributed by atoms with Gasteiger partial charge < -0.3 is 28.5 Å². The number of phosphoric ester groups is 1. The number of ether oxygens (including phenoxy) is 1. The number of hydrogen-bond donors (Lipinski definition) is 1. The number of quaternary nitrogens is 1. The molecule has 0 aliphatic heterocycles. The highest BCUT2D eigenvalue weighted by atomic mass is 31.2. The zero-order valence-corrected chi connectivity index (χ0v) is 59.8. The van der Waals surface area contributed by atoms with Crippen LogP contribution in [0.5, 0.6) is 0 Å². The molecule has 9 nitrogen and oxygen atoms in total. The molecule has 0 bridgehead atoms. The fourth-order valence-electron chi connectivity index (χ4n) is 11.0. The number of carbonyl (C=O) groups excluding carboxylic acids is 2. The Labute approximate surface area is 546 Å². The summed E-state index contributed by atoms with van der Waals surface area (Å²) in [6.07, 6.45) is 88.9. The maximum Gasteiger partial charge on any atom is 0.306 e. The topological polar surface area (TPSA) is 114 Å². The maximum absolute atomic E-state index is 13.6. The molecule has 3 unspecified atom stereocenters. The molecule has 0 rings (SSSR count). The van der Waals surface area contributed by atoms with Crippen molar-refractivity contribution in [1.29, 1.82) is 0 Å². The SMILES string of the molecule is CCCCC/C=C\C/C=C\C/C=C\CCCCCCCCCCCCCCC(=O)OC(/C=C/CCCCCCCCCCCC)C(COP(=O)([O-])OCC[N+](C)(C)C)NC(=O)CCCCCCCCCCCCCCCCC/C=C\C/C=C\CCCCC. The Hall–Kier alpha value is -2.55. The number of hydrogen-bond acceptors (Lipinski definition) is 7. The van der Waals surface area contributed by atoms with Crippen molar-refractivity contribution in [3.63, 3.8) is 0 Å². The molecule has 0 aromatic heterocycles. The lowest BCUT2D eigenvalue weighted by molar-refractivity contribution is -0.870. The van der Waals surface area contributed by atoms with E-state index in [0.717, 1.165) is 77.0 Å². The van der Waals surface area contributed by atoms with E-state index in [-0.39, 0.29) is 31.5 Å². The molecule has 3 atom stereocenters. The van der Waals surface area contributed by atoms with E-state index in [2.05, 4.69) is 86.8 Å². The molecule has 0 radical (unpaired) electrons. The van der Waals surface area contributed by atoms with Gasteiger partial charge in [-0.15, -0.1) is 0 Å². The first-order valence-electron chi connectivity index (χ1n) is 37.7. The Morgan fingerprint density at radius 2 is 0.693 bits per heavy atom. The molecule has 0 spiro atoms. The van der Waals surface area contributed by atoms with Gasteiger partial charge in [0.25, 0.3) is 7.82 Å². The van der Waals surface area contributed by atoms with E-state index in [4.69, 9.17) is 13.8 Å². The van der Waals surface area contributed by atoms with Gasteiger partial charge >= 0.3 is 5.97 Å². The quantitative estimate of drug-likeness (QED) is 0.0212. The Kier molecular flexibility index (Phi) is 65.4. The van der Waals surface area contributed by atoms with E-state index in [1.807, 2.05) is 33.3 Å². The normalized spacial score (nSPS) is 13.9. The minimum absolute atomic E-state index is 0.0228. The van der Waals surface area contributed by atoms with Crippen LogP contribution in [0, 0.1) is 0 Å². The average Bonchev–Trinajstić information content (AvgIpc) is 3.52. The highest BCUT2D eigenvalue weighted by Gasteiger charge is 2.27. The molecule has 514 valence electrons. The Morgan fingerprint density at radius 3 is 1.06 bits per heavy atom. The van der Waals surface area contributed by atoms with Gasteiger partial charge in [-0.1, -0.05) is 319 Å². The third kappa shape index (κ3) is 67.8. The monoisotopic (exact) mass is 1250 g/mol. The second-order valence-corrected chi connectivity index (χ2v) is 28.2. The molecule has 1 amide bonds. The fraction of sp³-hybridized carbons (Fsp3) is 0.821. The van der Waals surface area contributed by atoms with Gasteiger partial charge in [0.15, 0.2) is 0 Å². The summed E-state index contributed by atoms with van der Waals surface area (Å²) in [6.45, 7) is 6.84. The number of likely N-dealkylation sites (N-methyl/N-ethyl adjacent to an activating group) is 1. The van der Waals surface area contributed by atoms with Gasteiger partial charge in [0.2, 0.25) is 5.91 Å². The van der Waals surface area contributed by atoms with Crippen LogP contribution < -0.4 is 10.2 Å². The fourth-order valence-corrected chi connectivity index (χ4v) is 11.8. The maximum atomic E-state index is 13.6. The van der Waals surface area contributed by atoms with Crippen LogP contribution in [-0.4, -0.2) is 69.4 Å². The summed E-state index contributed by atoms with van der Waals surface area (Å²) in [5, 5.41) is 3.05. The van der Waals surface area contributed by atoms with Crippen molar-refractivity contribution in [1.82, 2.24) is 5.32 Å². The molecule has 0 saturated carbocycles. The summed E-state index contributed by atoms with van der Waals surface area (Å²) >= 11 is 0. The van der Waals surface area contributed by atoms with Crippen molar-refractivity contribution in [3.05, 3.63) is 72.9 Å². The number of amides is 1. The second kappa shape index (κ2) is 67.3. The number of unbranched alkanes of at least 4 members (excludes halogenated alkanes) is 43. The third-order valence-electron chi connectivity index (χ3n) is 16.9. The first-order chi connectivity index (χ1) is 42.9. The highest BCUT2D eigenvalue weighted by molar-refractivity contribution is 7.45. The van der Waals surface area contributed by atoms with Crippen LogP contribution in [0.1, 0.15) is 361 Å². The summed E-state index contributed by atoms with van der Waals surface area (Å²) in [5.41, 5.74) is 0. The van der Waals surface area contributed by atoms with Gasteiger partial charge in [0.1, 0.15) is 19.3 Å². The van der Waals surface area contributed by atoms with Crippen molar-refractivity contribution in [2.24, 2.45) is 0 Å². The number of nitrogens with one attached hydrogen (secondary N) is 1. The molecular weight excluding hydrogens is 1110 g/mol. The summed E-state index contributed by atoms with van der Waals surface area (Å²) in [7, 11) is 1.19. The van der Waals surface area contributed by atoms with Crippen LogP contribution in [0.25, 0.3) is 0 Å². The number of phosphoric acid groups is 1. The Bertz CT molecular complexity index is 1730. The second-order valence-electron chi connectivity index (χ2n) is 26.8. The Morgan fingerprint density at radius 1 is 0.398 bits per heavy atom. The zero-order valence-electron chi connectivity index (χ0n) is 58.9. The number of carbonyl (C=O) groups is 2. The summed E-state index contributed by atoms with van der Waals surface area (Å²) in [6, 6.07) is -0.892. The van der Waals surface area contributed by atoms with Crippen LogP contribution in [0.15, 0.2) is 72.9 Å². The predicted octanol–water partition coefficient (Wildman–Crippen LogP) is 23.7. The van der Waals surface area contributed by atoms with Crippen molar-refractivity contribution >= 4 is 19.7 Å². The molecule has 0 heterocycles. The molecule has 88 heavy (non-hydrogen) atoms. The summed E-state index contributed by atoms with van der Waals surface area (Å²) < 4.78 is 30.5. The van der Waals surface area contributed by atoms with E-state index >= 15 is 0 Å². The van der Waals surface area contributed by atoms with Gasteiger partial charge in [-0.25, -0.2) is 0 Å². The smallest absolute Gasteiger partial charge is 0.306 e. The first kappa shape index (κ1) is 85.5. The first-order valence-corrected chi connectivity index (χ1v) is 39.2. The molecular formula is C78H145N2O7P. The predicted molar refractivity (Wildman–Crippen MR) is 381 cm³/mol. The van der Waals surface area contributed by atoms with Crippen molar-refractivity contribution in [3.8, 4) is 0 Å². The van der Waals surface area contributed by atoms with Crippen molar-refractivity contribution < 1.29 is 37.3 Å². The number of nitrogens with zero attached hydrogens (tertiary/aromatic N) is 1. The van der Waals surface area contributed by atoms with Gasteiger partial charge in [-0.2, -0.15) is 0 Å². The number of allylic oxidation sites excluding steroid dienone is 11. The molecule has 0 fully saturated rings. The van der Waals surface area contributed by atoms with Crippen molar-refractivity contribution in [2.45, 2.75) is 373 Å². The lowest BCUT2D eigenvalue weighted by Gasteiger charge is -2.30. The van der Waals surface area contributed by atoms with Crippen LogP contribution in [0.2, 0.25) is 0 Å². The van der Waals surface area contributed by atoms with E-state index in [1.165, 1.54) is 250 Å². The molecule has 0 aliphatic rings. The lowest BCUT2D eigenvalue weighted by Crippen LogP contribution is -2.47. The minimum atomic E-state index is -4.71. The standard InChI is InChI=1S/C78H145N2O7P/c1-7-10-13-16-19-22-25-28-30-32-34-36-38-40-42-44-46-48-50-52-55-58-61-64-67-70-77(81)79-75(74-86-88(83,84)85-73-72-80(4,5)6)76(69-66-63-60-57-54-27-24-21-18-15-12-9-3)87-78(82)71-68-65-62-59-56-53-51-49-47-45-43-41-39-37-35-33-31-29-26-23-20-17-14-11-8-2/h19-20,22-23,28-31,35,37,66,69,75-76H,7-18,21,24-27,32-34,36,38-65,67-68,70-74H2,1-6H3,(H-,79,81,83,84)/b22-19-,23-20-,30-28-,31-29-,37-35-,69-66+.